The lowest BCUT2D eigenvalue weighted by molar-refractivity contribution is 0.174. The van der Waals surface area contributed by atoms with Gasteiger partial charge in [0.15, 0.2) is 11.5 Å². The highest BCUT2D eigenvalue weighted by molar-refractivity contribution is 9.10. The maximum atomic E-state index is 14.6. The van der Waals surface area contributed by atoms with Gasteiger partial charge in [0.05, 0.1) is 0 Å². The zero-order valence-electron chi connectivity index (χ0n) is 14.9. The molecule has 7 heteroatoms. The number of anilines is 2. The third-order valence-electron chi connectivity index (χ3n) is 4.59. The molecule has 3 heterocycles. The van der Waals surface area contributed by atoms with Gasteiger partial charge in [-0.25, -0.2) is 9.37 Å². The van der Waals surface area contributed by atoms with Gasteiger partial charge in [-0.3, -0.25) is 4.40 Å². The van der Waals surface area contributed by atoms with Gasteiger partial charge < -0.3 is 14.8 Å². The number of fused-ring (bicyclic) bond motifs is 2. The second-order valence-electron chi connectivity index (χ2n) is 6.56. The number of hydrogen-bond acceptors (Lipinski definition) is 4. The highest BCUT2D eigenvalue weighted by atomic mass is 79.9. The van der Waals surface area contributed by atoms with Crippen molar-refractivity contribution in [2.24, 2.45) is 0 Å². The number of rotatable bonds is 3. The van der Waals surface area contributed by atoms with E-state index in [1.54, 1.807) is 12.1 Å². The van der Waals surface area contributed by atoms with Crippen LogP contribution in [0.1, 0.15) is 5.56 Å². The van der Waals surface area contributed by atoms with Crippen molar-refractivity contribution in [3.8, 4) is 22.8 Å². The van der Waals surface area contributed by atoms with E-state index in [1.807, 2.05) is 47.9 Å². The zero-order valence-corrected chi connectivity index (χ0v) is 16.5. The third kappa shape index (κ3) is 2.88. The summed E-state index contributed by atoms with van der Waals surface area (Å²) in [6, 6.07) is 14.3. The molecule has 0 saturated carbocycles. The van der Waals surface area contributed by atoms with Crippen LogP contribution in [0.15, 0.2) is 59.2 Å². The van der Waals surface area contributed by atoms with E-state index in [4.69, 9.17) is 9.47 Å². The number of imidazole rings is 1. The van der Waals surface area contributed by atoms with Gasteiger partial charge >= 0.3 is 0 Å². The van der Waals surface area contributed by atoms with E-state index in [0.29, 0.717) is 28.6 Å². The normalized spacial score (nSPS) is 12.5. The Labute approximate surface area is 168 Å². The molecule has 1 N–H and O–H groups in total. The number of halogens is 2. The fourth-order valence-corrected chi connectivity index (χ4v) is 3.61. The fourth-order valence-electron chi connectivity index (χ4n) is 3.25. The number of aromatic nitrogens is 2. The molecule has 1 aliphatic rings. The molecule has 4 aromatic rings. The molecule has 5 nitrogen and oxygen atoms in total. The number of aryl methyl sites for hydroxylation is 1. The van der Waals surface area contributed by atoms with Crippen molar-refractivity contribution < 1.29 is 13.9 Å². The van der Waals surface area contributed by atoms with Crippen molar-refractivity contribution in [1.82, 2.24) is 9.38 Å². The van der Waals surface area contributed by atoms with Crippen LogP contribution in [0.5, 0.6) is 11.5 Å². The Hall–Kier alpha value is -3.06. The van der Waals surface area contributed by atoms with Gasteiger partial charge in [-0.15, -0.1) is 0 Å². The minimum Gasteiger partial charge on any atom is -0.454 e. The SMILES string of the molecule is Cc1ccc2nc(-c3cc(Br)ccc3F)c(Nc3ccc4c(c3)OCO4)n2c1. The second-order valence-corrected chi connectivity index (χ2v) is 7.48. The van der Waals surface area contributed by atoms with E-state index < -0.39 is 0 Å². The number of benzene rings is 2. The number of hydrogen-bond donors (Lipinski definition) is 1. The van der Waals surface area contributed by atoms with Gasteiger partial charge in [0.2, 0.25) is 6.79 Å². The summed E-state index contributed by atoms with van der Waals surface area (Å²) in [5, 5.41) is 3.38. The van der Waals surface area contributed by atoms with E-state index >= 15 is 0 Å². The van der Waals surface area contributed by atoms with Crippen molar-refractivity contribution in [2.45, 2.75) is 6.92 Å². The second kappa shape index (κ2) is 6.53. The summed E-state index contributed by atoms with van der Waals surface area (Å²) in [5.74, 6) is 1.72. The maximum Gasteiger partial charge on any atom is 0.231 e. The molecule has 2 aromatic carbocycles. The van der Waals surface area contributed by atoms with Crippen molar-refractivity contribution in [1.29, 1.82) is 0 Å². The van der Waals surface area contributed by atoms with Crippen molar-refractivity contribution in [3.63, 3.8) is 0 Å². The number of nitrogens with zero attached hydrogens (tertiary/aromatic N) is 2. The first kappa shape index (κ1) is 17.1. The van der Waals surface area contributed by atoms with Gasteiger partial charge in [-0.1, -0.05) is 22.0 Å². The first-order valence-corrected chi connectivity index (χ1v) is 9.48. The highest BCUT2D eigenvalue weighted by Crippen LogP contribution is 2.38. The van der Waals surface area contributed by atoms with Crippen LogP contribution >= 0.6 is 15.9 Å². The molecule has 5 rings (SSSR count). The topological polar surface area (TPSA) is 47.8 Å². The van der Waals surface area contributed by atoms with Crippen LogP contribution in [-0.2, 0) is 0 Å². The van der Waals surface area contributed by atoms with E-state index in [-0.39, 0.29) is 12.6 Å². The number of pyridine rings is 1. The van der Waals surface area contributed by atoms with E-state index in [2.05, 4.69) is 26.2 Å². The monoisotopic (exact) mass is 439 g/mol. The fraction of sp³-hybridized carbons (Fsp3) is 0.0952. The van der Waals surface area contributed by atoms with Crippen LogP contribution in [0.4, 0.5) is 15.9 Å². The molecule has 0 fully saturated rings. The molecular weight excluding hydrogens is 425 g/mol. The van der Waals surface area contributed by atoms with Crippen LogP contribution < -0.4 is 14.8 Å². The van der Waals surface area contributed by atoms with E-state index in [1.165, 1.54) is 6.07 Å². The van der Waals surface area contributed by atoms with Gasteiger partial charge in [0.25, 0.3) is 0 Å². The maximum absolute atomic E-state index is 14.6. The Balaban J connectivity index is 1.69. The van der Waals surface area contributed by atoms with Crippen molar-refractivity contribution in [2.75, 3.05) is 12.1 Å². The molecule has 0 radical (unpaired) electrons. The Morgan fingerprint density at radius 2 is 1.93 bits per heavy atom. The predicted octanol–water partition coefficient (Wildman–Crippen LogP) is 5.68. The first-order valence-electron chi connectivity index (χ1n) is 8.69. The summed E-state index contributed by atoms with van der Waals surface area (Å²) in [5.41, 5.74) is 3.54. The largest absolute Gasteiger partial charge is 0.454 e. The average Bonchev–Trinajstić information content (AvgIpc) is 3.28. The molecule has 0 amide bonds. The molecule has 1 aliphatic heterocycles. The van der Waals surface area contributed by atoms with Crippen LogP contribution in [0.25, 0.3) is 16.9 Å². The minimum absolute atomic E-state index is 0.210. The molecule has 2 aromatic heterocycles. The first-order chi connectivity index (χ1) is 13.6. The lowest BCUT2D eigenvalue weighted by Crippen LogP contribution is -1.98. The summed E-state index contributed by atoms with van der Waals surface area (Å²) in [7, 11) is 0. The zero-order chi connectivity index (χ0) is 19.3. The summed E-state index contributed by atoms with van der Waals surface area (Å²) >= 11 is 3.42. The quantitative estimate of drug-likeness (QED) is 0.445. The Morgan fingerprint density at radius 3 is 2.82 bits per heavy atom. The lowest BCUT2D eigenvalue weighted by atomic mass is 10.1. The van der Waals surface area contributed by atoms with E-state index in [0.717, 1.165) is 21.4 Å². The Kier molecular flexibility index (Phi) is 3.98. The molecule has 0 spiro atoms. The smallest absolute Gasteiger partial charge is 0.231 e. The van der Waals surface area contributed by atoms with Crippen LogP contribution in [0.3, 0.4) is 0 Å². The van der Waals surface area contributed by atoms with Crippen LogP contribution in [0, 0.1) is 12.7 Å². The average molecular weight is 440 g/mol. The summed E-state index contributed by atoms with van der Waals surface area (Å²) in [4.78, 5) is 4.68. The van der Waals surface area contributed by atoms with Crippen molar-refractivity contribution in [3.05, 3.63) is 70.6 Å². The number of nitrogens with one attached hydrogen (secondary N) is 1. The molecular formula is C21H15BrFN3O2. The molecule has 0 bridgehead atoms. The standard InChI is InChI=1S/C21H15BrFN3O2/c1-12-2-7-19-25-20(15-8-13(22)3-5-16(15)23)21(26(19)10-12)24-14-4-6-17-18(9-14)28-11-27-17/h2-10,24H,11H2,1H3. The predicted molar refractivity (Wildman–Crippen MR) is 109 cm³/mol. The highest BCUT2D eigenvalue weighted by Gasteiger charge is 2.19. The number of ether oxygens (including phenoxy) is 2. The van der Waals surface area contributed by atoms with Crippen LogP contribution in [0.2, 0.25) is 0 Å². The van der Waals surface area contributed by atoms with Gasteiger partial charge in [0.1, 0.15) is 23.0 Å². The molecule has 0 unspecified atom stereocenters. The Morgan fingerprint density at radius 1 is 1.07 bits per heavy atom. The lowest BCUT2D eigenvalue weighted by Gasteiger charge is -2.11. The van der Waals surface area contributed by atoms with Gasteiger partial charge in [-0.2, -0.15) is 0 Å². The van der Waals surface area contributed by atoms with E-state index in [9.17, 15) is 4.39 Å². The summed E-state index contributed by atoms with van der Waals surface area (Å²) in [6.07, 6.45) is 1.97. The molecule has 0 atom stereocenters. The molecule has 0 saturated heterocycles. The Bertz CT molecular complexity index is 1220. The molecule has 0 aliphatic carbocycles. The summed E-state index contributed by atoms with van der Waals surface area (Å²) in [6.45, 7) is 2.21. The molecule has 140 valence electrons. The van der Waals surface area contributed by atoms with Crippen LogP contribution in [-0.4, -0.2) is 16.2 Å². The molecule has 28 heavy (non-hydrogen) atoms. The third-order valence-corrected chi connectivity index (χ3v) is 5.08. The van der Waals surface area contributed by atoms with Crippen molar-refractivity contribution >= 4 is 33.1 Å². The summed E-state index contributed by atoms with van der Waals surface area (Å²) < 4.78 is 28.2. The van der Waals surface area contributed by atoms with Gasteiger partial charge in [0, 0.05) is 28.0 Å². The minimum atomic E-state index is -0.336. The van der Waals surface area contributed by atoms with Gasteiger partial charge in [-0.05, 0) is 48.9 Å².